The van der Waals surface area contributed by atoms with E-state index in [2.05, 4.69) is 37.2 Å². The molecule has 1 saturated heterocycles. The summed E-state index contributed by atoms with van der Waals surface area (Å²) in [5.74, 6) is -0.0327. The molecule has 1 aliphatic heterocycles. The summed E-state index contributed by atoms with van der Waals surface area (Å²) in [6.07, 6.45) is -2.01. The van der Waals surface area contributed by atoms with E-state index >= 15 is 0 Å². The number of rotatable bonds is 3. The van der Waals surface area contributed by atoms with E-state index in [1.807, 2.05) is 0 Å². The lowest BCUT2D eigenvalue weighted by Gasteiger charge is -2.08. The van der Waals surface area contributed by atoms with Crippen LogP contribution in [0.25, 0.3) is 0 Å². The van der Waals surface area contributed by atoms with Gasteiger partial charge in [-0.25, -0.2) is 0 Å². The normalized spacial score (nSPS) is 24.2. The van der Waals surface area contributed by atoms with Gasteiger partial charge in [0.1, 0.15) is 0 Å². The number of nitrogens with one attached hydrogen (secondary N) is 1. The molecule has 0 saturated carbocycles. The number of hydrogen-bond donors (Lipinski definition) is 2. The molecule has 2 rings (SSSR count). The van der Waals surface area contributed by atoms with E-state index in [-0.39, 0.29) is 5.75 Å². The monoisotopic (exact) mass is 357 g/mol. The highest BCUT2D eigenvalue weighted by molar-refractivity contribution is 9.10. The second-order valence-corrected chi connectivity index (χ2v) is 5.21. The van der Waals surface area contributed by atoms with Crippen LogP contribution in [-0.4, -0.2) is 22.3 Å². The van der Waals surface area contributed by atoms with Gasteiger partial charge in [0.25, 0.3) is 0 Å². The van der Waals surface area contributed by atoms with Crippen molar-refractivity contribution in [3.8, 4) is 5.75 Å². The molecule has 0 bridgehead atoms. The first-order valence-corrected chi connectivity index (χ1v) is 5.94. The average molecular weight is 359 g/mol. The maximum atomic E-state index is 12.7. The van der Waals surface area contributed by atoms with Crippen LogP contribution >= 0.6 is 31.9 Å². The van der Waals surface area contributed by atoms with Crippen LogP contribution in [0.15, 0.2) is 22.7 Å². The van der Waals surface area contributed by atoms with Crippen LogP contribution in [0.4, 0.5) is 14.5 Å². The van der Waals surface area contributed by atoms with Crippen molar-refractivity contribution in [3.05, 3.63) is 22.7 Å². The Morgan fingerprint density at radius 2 is 2.12 bits per heavy atom. The molecule has 0 amide bonds. The van der Waals surface area contributed by atoms with Crippen LogP contribution in [0.3, 0.4) is 0 Å². The minimum absolute atomic E-state index is 0.0327. The van der Waals surface area contributed by atoms with Gasteiger partial charge in [-0.2, -0.15) is 8.78 Å². The smallest absolute Gasteiger partial charge is 0.331 e. The van der Waals surface area contributed by atoms with Crippen LogP contribution in [0, 0.1) is 0 Å². The molecule has 88 valence electrons. The Kier molecular flexibility index (Phi) is 3.11. The number of para-hydroxylation sites is 1. The highest BCUT2D eigenvalue weighted by atomic mass is 79.9. The number of halogens is 4. The van der Waals surface area contributed by atoms with Crippen molar-refractivity contribution >= 4 is 37.5 Å². The summed E-state index contributed by atoms with van der Waals surface area (Å²) >= 11 is 5.34. The van der Waals surface area contributed by atoms with Crippen molar-refractivity contribution in [1.29, 1.82) is 0 Å². The summed E-state index contributed by atoms with van der Waals surface area (Å²) in [7, 11) is 0. The van der Waals surface area contributed by atoms with Gasteiger partial charge >= 0.3 is 4.83 Å². The number of aromatic hydroxyl groups is 1. The lowest BCUT2D eigenvalue weighted by molar-refractivity contribution is 0.0778. The Morgan fingerprint density at radius 3 is 2.69 bits per heavy atom. The topological polar surface area (TPSA) is 44.8 Å². The summed E-state index contributed by atoms with van der Waals surface area (Å²) in [5.41, 5.74) is 0.346. The molecule has 0 radical (unpaired) electrons. The molecule has 2 unspecified atom stereocenters. The predicted molar refractivity (Wildman–Crippen MR) is 62.0 cm³/mol. The Morgan fingerprint density at radius 1 is 1.44 bits per heavy atom. The molecule has 0 spiro atoms. The van der Waals surface area contributed by atoms with Gasteiger partial charge in [-0.1, -0.05) is 6.07 Å². The van der Waals surface area contributed by atoms with Crippen LogP contribution in [-0.2, 0) is 4.74 Å². The number of ether oxygens (including phenoxy) is 1. The molecule has 1 heterocycles. The number of phenolic OH excluding ortho intramolecular Hbond substituents is 1. The standard InChI is InChI=1S/C9H7Br2F2NO2/c10-4-2-1-3-5(6(4)15)14-8-7(16-8)9(11,12)13/h1-3,7-8,14-15H. The molecule has 7 heteroatoms. The van der Waals surface area contributed by atoms with Crippen LogP contribution < -0.4 is 5.32 Å². The molecule has 2 N–H and O–H groups in total. The molecule has 1 aromatic carbocycles. The van der Waals surface area contributed by atoms with Gasteiger partial charge in [0.15, 0.2) is 18.1 Å². The number of epoxide rings is 1. The molecular weight excluding hydrogens is 352 g/mol. The van der Waals surface area contributed by atoms with E-state index in [0.29, 0.717) is 10.2 Å². The zero-order valence-electron chi connectivity index (χ0n) is 7.75. The van der Waals surface area contributed by atoms with E-state index in [1.54, 1.807) is 18.2 Å². The zero-order chi connectivity index (χ0) is 11.9. The van der Waals surface area contributed by atoms with Crippen molar-refractivity contribution in [2.45, 2.75) is 17.2 Å². The third-order valence-corrected chi connectivity index (χ3v) is 3.19. The third kappa shape index (κ3) is 2.46. The Labute approximate surface area is 107 Å². The molecule has 0 aromatic heterocycles. The number of phenols is 1. The third-order valence-electron chi connectivity index (χ3n) is 2.10. The fourth-order valence-electron chi connectivity index (χ4n) is 1.26. The summed E-state index contributed by atoms with van der Waals surface area (Å²) < 4.78 is 30.7. The summed E-state index contributed by atoms with van der Waals surface area (Å²) in [6, 6.07) is 4.89. The van der Waals surface area contributed by atoms with Gasteiger partial charge in [0, 0.05) is 0 Å². The summed E-state index contributed by atoms with van der Waals surface area (Å²) in [4.78, 5) is -3.06. The van der Waals surface area contributed by atoms with E-state index in [1.165, 1.54) is 0 Å². The SMILES string of the molecule is Oc1c(Br)cccc1NC1OC1C(F)(F)Br. The quantitative estimate of drug-likeness (QED) is 0.495. The number of hydrogen-bond acceptors (Lipinski definition) is 3. The first-order valence-electron chi connectivity index (χ1n) is 4.36. The second kappa shape index (κ2) is 4.12. The van der Waals surface area contributed by atoms with Gasteiger partial charge < -0.3 is 15.2 Å². The Bertz CT molecular complexity index is 411. The second-order valence-electron chi connectivity index (χ2n) is 3.30. The highest BCUT2D eigenvalue weighted by Gasteiger charge is 2.56. The highest BCUT2D eigenvalue weighted by Crippen LogP contribution is 2.42. The minimum Gasteiger partial charge on any atom is -0.505 e. The van der Waals surface area contributed by atoms with Crippen LogP contribution in [0.2, 0.25) is 0 Å². The van der Waals surface area contributed by atoms with Crippen LogP contribution in [0.5, 0.6) is 5.75 Å². The van der Waals surface area contributed by atoms with Gasteiger partial charge in [0.2, 0.25) is 0 Å². The van der Waals surface area contributed by atoms with Crippen molar-refractivity contribution < 1.29 is 18.6 Å². The van der Waals surface area contributed by atoms with E-state index in [9.17, 15) is 13.9 Å². The minimum atomic E-state index is -3.06. The number of benzene rings is 1. The van der Waals surface area contributed by atoms with E-state index in [0.717, 1.165) is 0 Å². The molecule has 1 fully saturated rings. The Balaban J connectivity index is 2.05. The Hall–Kier alpha value is -0.400. The van der Waals surface area contributed by atoms with Gasteiger partial charge in [-0.05, 0) is 44.0 Å². The predicted octanol–water partition coefficient (Wildman–Crippen LogP) is 3.28. The van der Waals surface area contributed by atoms with Crippen LogP contribution in [0.1, 0.15) is 0 Å². The summed E-state index contributed by atoms with van der Waals surface area (Å²) in [6.45, 7) is 0. The van der Waals surface area contributed by atoms with Gasteiger partial charge in [0.05, 0.1) is 10.2 Å². The van der Waals surface area contributed by atoms with Gasteiger partial charge in [-0.15, -0.1) is 0 Å². The van der Waals surface area contributed by atoms with E-state index in [4.69, 9.17) is 4.74 Å². The van der Waals surface area contributed by atoms with Crippen molar-refractivity contribution in [3.63, 3.8) is 0 Å². The molecule has 2 atom stereocenters. The lowest BCUT2D eigenvalue weighted by Crippen LogP contribution is -2.20. The molecule has 1 aromatic rings. The van der Waals surface area contributed by atoms with Gasteiger partial charge in [-0.3, -0.25) is 0 Å². The molecule has 1 aliphatic rings. The summed E-state index contributed by atoms with van der Waals surface area (Å²) in [5, 5.41) is 12.3. The number of alkyl halides is 3. The van der Waals surface area contributed by atoms with Crippen molar-refractivity contribution in [1.82, 2.24) is 0 Å². The molecule has 0 aliphatic carbocycles. The van der Waals surface area contributed by atoms with Crippen molar-refractivity contribution in [2.75, 3.05) is 5.32 Å². The zero-order valence-corrected chi connectivity index (χ0v) is 10.9. The fraction of sp³-hybridized carbons (Fsp3) is 0.333. The molecular formula is C9H7Br2F2NO2. The maximum Gasteiger partial charge on any atom is 0.331 e. The first-order chi connectivity index (χ1) is 7.39. The molecule has 3 nitrogen and oxygen atoms in total. The largest absolute Gasteiger partial charge is 0.505 e. The molecule has 16 heavy (non-hydrogen) atoms. The van der Waals surface area contributed by atoms with Crippen molar-refractivity contribution in [2.24, 2.45) is 0 Å². The first kappa shape index (κ1) is 12.1. The maximum absolute atomic E-state index is 12.7. The number of anilines is 1. The fourth-order valence-corrected chi connectivity index (χ4v) is 1.97. The van der Waals surface area contributed by atoms with E-state index < -0.39 is 17.2 Å². The average Bonchev–Trinajstić information content (AvgIpc) is 2.92. The lowest BCUT2D eigenvalue weighted by atomic mass is 10.3.